The summed E-state index contributed by atoms with van der Waals surface area (Å²) in [5.74, 6) is -6.58. The van der Waals surface area contributed by atoms with E-state index in [1.165, 1.54) is 60.7 Å². The van der Waals surface area contributed by atoms with Crippen molar-refractivity contribution in [2.75, 3.05) is 21.6 Å². The Balaban J connectivity index is 0.00000375. The van der Waals surface area contributed by atoms with E-state index >= 15 is 0 Å². The summed E-state index contributed by atoms with van der Waals surface area (Å²) in [5.41, 5.74) is 2.98. The third kappa shape index (κ3) is 16.1. The summed E-state index contributed by atoms with van der Waals surface area (Å²) in [4.78, 5) is 46.8. The first-order valence-corrected chi connectivity index (χ1v) is 23.0. The second-order valence-electron chi connectivity index (χ2n) is 14.0. The van der Waals surface area contributed by atoms with E-state index in [0.717, 1.165) is 30.4 Å². The van der Waals surface area contributed by atoms with Gasteiger partial charge in [-0.1, -0.05) is 29.7 Å². The molecule has 0 unspecified atom stereocenters. The van der Waals surface area contributed by atoms with Crippen LogP contribution in [0.1, 0.15) is 26.3 Å². The van der Waals surface area contributed by atoms with Crippen molar-refractivity contribution in [3.63, 3.8) is 0 Å². The average molecular weight is 1150 g/mol. The topological polar surface area (TPSA) is 419 Å². The van der Waals surface area contributed by atoms with E-state index in [9.17, 15) is 73.4 Å². The first-order chi connectivity index (χ1) is 32.5. The molecule has 74 heavy (non-hydrogen) atoms. The van der Waals surface area contributed by atoms with E-state index in [-0.39, 0.29) is 169 Å². The van der Waals surface area contributed by atoms with Crippen molar-refractivity contribution in [3.8, 4) is 5.75 Å². The number of carboxylic acid groups (broad SMARTS) is 1. The molecule has 0 saturated carbocycles. The number of ketones is 3. The molecule has 3 aliphatic carbocycles. The number of carbonyl (C=O) groups excluding carboxylic acids is 4. The Kier molecular flexibility index (Phi) is 24.2. The summed E-state index contributed by atoms with van der Waals surface area (Å²) < 4.78 is 110. The van der Waals surface area contributed by atoms with Crippen LogP contribution in [0, 0.1) is 0 Å². The van der Waals surface area contributed by atoms with Gasteiger partial charge in [-0.05, 0) is 108 Å². The molecule has 4 aromatic carbocycles. The van der Waals surface area contributed by atoms with Gasteiger partial charge in [0.05, 0.1) is 60.4 Å². The number of rotatable bonds is 14. The van der Waals surface area contributed by atoms with Gasteiger partial charge in [0.1, 0.15) is 41.8 Å². The summed E-state index contributed by atoms with van der Waals surface area (Å²) in [6.07, 6.45) is 6.91. The molecule has 33 heteroatoms. The molecule has 0 aliphatic heterocycles. The minimum atomic E-state index is -5.56. The van der Waals surface area contributed by atoms with Crippen molar-refractivity contribution >= 4 is 111 Å². The fourth-order valence-electron chi connectivity index (χ4n) is 6.12. The van der Waals surface area contributed by atoms with Gasteiger partial charge in [0, 0.05) is 5.69 Å². The minimum absolute atomic E-state index is 0. The van der Waals surface area contributed by atoms with Crippen LogP contribution in [0.5, 0.6) is 5.75 Å². The van der Waals surface area contributed by atoms with Gasteiger partial charge < -0.3 is 49.9 Å². The van der Waals surface area contributed by atoms with Gasteiger partial charge in [-0.15, -0.1) is 15.3 Å². The van der Waals surface area contributed by atoms with Gasteiger partial charge in [0.15, 0.2) is 5.71 Å². The van der Waals surface area contributed by atoms with E-state index < -0.39 is 119 Å². The van der Waals surface area contributed by atoms with Crippen molar-refractivity contribution in [2.45, 2.75) is 9.79 Å². The van der Waals surface area contributed by atoms with Crippen LogP contribution in [0.15, 0.2) is 161 Å². The minimum Gasteiger partial charge on any atom is -0.872 e. The number of carboxylic acids is 1. The number of anilines is 5. The van der Waals surface area contributed by atoms with Gasteiger partial charge >= 0.3 is 135 Å². The second-order valence-corrected chi connectivity index (χ2v) is 18.1. The van der Waals surface area contributed by atoms with Crippen molar-refractivity contribution < 1.29 is 209 Å². The fourth-order valence-corrected chi connectivity index (χ4v) is 7.95. The summed E-state index contributed by atoms with van der Waals surface area (Å²) in [6.45, 7) is 0. The van der Waals surface area contributed by atoms with Gasteiger partial charge in [-0.2, -0.15) is 10.2 Å². The predicted octanol–water partition coefficient (Wildman–Crippen LogP) is -11.0. The number of nitrogens with zero attached hydrogens (tertiary/aromatic N) is 5. The number of fused-ring (bicyclic) bond motifs is 1. The Hall–Kier alpha value is -4.28. The average Bonchev–Trinajstić information content (AvgIpc) is 3.27. The number of azo groups is 1. The van der Waals surface area contributed by atoms with Crippen molar-refractivity contribution in [2.24, 2.45) is 25.5 Å². The number of hydrazine groups is 1. The van der Waals surface area contributed by atoms with Crippen molar-refractivity contribution in [1.82, 2.24) is 0 Å². The van der Waals surface area contributed by atoms with Crippen LogP contribution >= 0.6 is 0 Å². The molecule has 0 bridgehead atoms. The van der Waals surface area contributed by atoms with E-state index in [4.69, 9.17) is 0 Å². The molecule has 0 spiro atoms. The molecule has 7 rings (SSSR count). The molecule has 4 aromatic rings. The molecule has 4 N–H and O–H groups in total. The van der Waals surface area contributed by atoms with Crippen LogP contribution < -0.4 is 155 Å². The van der Waals surface area contributed by atoms with E-state index in [0.29, 0.717) is 24.3 Å². The molecule has 0 amide bonds. The molecule has 0 atom stereocenters. The van der Waals surface area contributed by atoms with Crippen LogP contribution in [0.4, 0.5) is 34.1 Å². The number of carbonyl (C=O) groups is 4. The standard InChI is InChI=1S/C41H29N9O16S3.Cu.4Na/c51-32-12-10-23(15-26(32)41(56)57)44-45-24-9-11-28(36(16-24)68(61,62)63)42-21-5-7-22(8-6-21)43-47-29-18-30(35(54)19-34(29)53)48-49-31-17-25(67(58,59)60)13-20-14-37(69(64,65)66)39(40(55)38(20)31)50-46-27-3-1-2-4-33(27)52;;;;;/h1-19,42-45,51,54H,(H,56,57)(H,58,59,60)(H,61,62,63)(H,64,65,66);;;;;/q;+2;4*+1/p-6/b46-27-,47-29+,49-48?,50-39+;;;;;. The first-order valence-electron chi connectivity index (χ1n) is 18.8. The zero-order chi connectivity index (χ0) is 50.0. The fraction of sp³-hybridized carbons (Fsp3) is 0. The largest absolute Gasteiger partial charge is 2.00 e. The number of benzene rings is 4. The Bertz CT molecular complexity index is 3610. The van der Waals surface area contributed by atoms with E-state index in [2.05, 4.69) is 47.1 Å². The Labute approximate surface area is 518 Å². The van der Waals surface area contributed by atoms with Crippen molar-refractivity contribution in [1.29, 1.82) is 0 Å². The number of aromatic carboxylic acids is 1. The third-order valence-electron chi connectivity index (χ3n) is 9.34. The normalized spacial score (nSPS) is 15.7. The van der Waals surface area contributed by atoms with E-state index in [1.54, 1.807) is 0 Å². The Morgan fingerprint density at radius 1 is 0.608 bits per heavy atom. The maximum absolute atomic E-state index is 13.8. The predicted molar refractivity (Wildman–Crippen MR) is 233 cm³/mol. The molecule has 3 aliphatic rings. The molecule has 0 aromatic heterocycles. The Morgan fingerprint density at radius 3 is 1.82 bits per heavy atom. The second kappa shape index (κ2) is 27.2. The molecule has 0 saturated heterocycles. The zero-order valence-electron chi connectivity index (χ0n) is 38.3. The van der Waals surface area contributed by atoms with Gasteiger partial charge in [-0.3, -0.25) is 19.8 Å². The molecule has 0 fully saturated rings. The Morgan fingerprint density at radius 2 is 1.22 bits per heavy atom. The van der Waals surface area contributed by atoms with Crippen LogP contribution in [0.25, 0.3) is 6.08 Å². The molecule has 361 valence electrons. The van der Waals surface area contributed by atoms with E-state index in [1.807, 2.05) is 0 Å². The van der Waals surface area contributed by atoms with Gasteiger partial charge in [-0.25, -0.2) is 25.3 Å². The van der Waals surface area contributed by atoms with Crippen LogP contribution in [-0.4, -0.2) is 79.4 Å². The number of nitrogens with one attached hydrogen (secondary N) is 4. The number of Topliss-reactive ketones (excluding diaryl/α,β-unsaturated/α-hetero) is 1. The molecular formula is C41H23CuN9Na4O16S3. The SMILES string of the molecule is O=C1C=CC=C/C1=N/N=C1/C(=O)c2c(cc(S(=O)(=O)[O-])cc2N=NC2=C/C(=N\Nc3ccc(Nc4ccc(NNc5ccc([O-])c(C(=O)[O-])c5)cc4S(=O)(=O)[O-])cc3)C(=O)C=C2[O-])C=C1S(=O)(=O)[O-].[Cu+2].[Na+].[Na+].[Na+].[Na+]. The summed E-state index contributed by atoms with van der Waals surface area (Å²) in [5, 5.41) is 57.1. The quantitative estimate of drug-likeness (QED) is 0.0299. The third-order valence-corrected chi connectivity index (χ3v) is 11.9. The summed E-state index contributed by atoms with van der Waals surface area (Å²) >= 11 is 0. The monoisotopic (exact) mass is 1150 g/mol. The number of hydrogen-bond acceptors (Lipinski definition) is 25. The molecule has 0 heterocycles. The smallest absolute Gasteiger partial charge is 0.872 e. The number of allylic oxidation sites excluding steroid dienone is 7. The number of hydrogen-bond donors (Lipinski definition) is 4. The molecule has 25 nitrogen and oxygen atoms in total. The molecule has 1 radical (unpaired) electrons. The van der Waals surface area contributed by atoms with Crippen LogP contribution in [0.2, 0.25) is 0 Å². The first kappa shape index (κ1) is 65.8. The number of hydrazone groups is 1. The molecular weight excluding hydrogens is 1130 g/mol. The van der Waals surface area contributed by atoms with Crippen molar-refractivity contribution in [3.05, 3.63) is 142 Å². The maximum atomic E-state index is 13.8. The van der Waals surface area contributed by atoms with Gasteiger partial charge in [0.25, 0.3) is 0 Å². The zero-order valence-corrected chi connectivity index (χ0v) is 49.7. The summed E-state index contributed by atoms with van der Waals surface area (Å²) in [7, 11) is -16.0. The maximum Gasteiger partial charge on any atom is 2.00 e. The van der Waals surface area contributed by atoms with Crippen LogP contribution in [0.3, 0.4) is 0 Å². The van der Waals surface area contributed by atoms with Gasteiger partial charge in [0.2, 0.25) is 17.3 Å². The van der Waals surface area contributed by atoms with Crippen LogP contribution in [-0.2, 0) is 57.0 Å². The summed E-state index contributed by atoms with van der Waals surface area (Å²) in [6, 6.07) is 13.6.